The average Bonchev–Trinajstić information content (AvgIpc) is 3.05. The summed E-state index contributed by atoms with van der Waals surface area (Å²) in [7, 11) is 0. The highest BCUT2D eigenvalue weighted by Gasteiger charge is 2.09. The van der Waals surface area contributed by atoms with E-state index in [1.807, 2.05) is 47.0 Å². The molecule has 0 unspecified atom stereocenters. The van der Waals surface area contributed by atoms with E-state index in [0.717, 1.165) is 11.4 Å². The number of aromatic nitrogens is 1. The number of rotatable bonds is 5. The monoisotopic (exact) mass is 327 g/mol. The highest BCUT2D eigenvalue weighted by molar-refractivity contribution is 6.06. The van der Waals surface area contributed by atoms with Crippen LogP contribution in [0.3, 0.4) is 0 Å². The number of hydrogen-bond acceptors (Lipinski definition) is 1. The van der Waals surface area contributed by atoms with Gasteiger partial charge in [-0.1, -0.05) is 54.6 Å². The van der Waals surface area contributed by atoms with Gasteiger partial charge in [-0.15, -0.1) is 0 Å². The SMILES string of the molecule is C=Cn1c(/C=C/C(=O)c2ccccc2)ccc1-c1cc(C)ccc1C. The van der Waals surface area contributed by atoms with Crippen LogP contribution in [0, 0.1) is 13.8 Å². The molecule has 124 valence electrons. The van der Waals surface area contributed by atoms with Gasteiger partial charge in [0.2, 0.25) is 0 Å². The second-order valence-electron chi connectivity index (χ2n) is 6.08. The topological polar surface area (TPSA) is 22.0 Å². The van der Waals surface area contributed by atoms with Gasteiger partial charge < -0.3 is 4.57 Å². The highest BCUT2D eigenvalue weighted by Crippen LogP contribution is 2.27. The second kappa shape index (κ2) is 7.18. The maximum Gasteiger partial charge on any atom is 0.185 e. The van der Waals surface area contributed by atoms with Crippen LogP contribution in [-0.4, -0.2) is 10.4 Å². The van der Waals surface area contributed by atoms with Crippen molar-refractivity contribution >= 4 is 18.1 Å². The van der Waals surface area contributed by atoms with E-state index in [1.165, 1.54) is 16.7 Å². The fourth-order valence-corrected chi connectivity index (χ4v) is 2.89. The van der Waals surface area contributed by atoms with Crippen LogP contribution in [0.1, 0.15) is 27.2 Å². The van der Waals surface area contributed by atoms with E-state index >= 15 is 0 Å². The second-order valence-corrected chi connectivity index (χ2v) is 6.08. The van der Waals surface area contributed by atoms with Crippen LogP contribution in [-0.2, 0) is 0 Å². The third-order valence-corrected chi connectivity index (χ3v) is 4.27. The molecule has 0 N–H and O–H groups in total. The Morgan fingerprint density at radius 3 is 2.48 bits per heavy atom. The Hall–Kier alpha value is -3.13. The molecule has 3 rings (SSSR count). The highest BCUT2D eigenvalue weighted by atomic mass is 16.1. The summed E-state index contributed by atoms with van der Waals surface area (Å²) < 4.78 is 2.01. The van der Waals surface area contributed by atoms with E-state index in [9.17, 15) is 4.79 Å². The van der Waals surface area contributed by atoms with Gasteiger partial charge in [-0.3, -0.25) is 4.79 Å². The number of benzene rings is 2. The lowest BCUT2D eigenvalue weighted by molar-refractivity contribution is 0.104. The van der Waals surface area contributed by atoms with Crippen molar-refractivity contribution in [3.05, 3.63) is 95.7 Å². The van der Waals surface area contributed by atoms with Crippen LogP contribution in [0.4, 0.5) is 0 Å². The molecule has 25 heavy (non-hydrogen) atoms. The molecular formula is C23H21NO. The zero-order valence-corrected chi connectivity index (χ0v) is 14.6. The quantitative estimate of drug-likeness (QED) is 0.431. The van der Waals surface area contributed by atoms with E-state index in [-0.39, 0.29) is 5.78 Å². The van der Waals surface area contributed by atoms with Crippen LogP contribution in [0.2, 0.25) is 0 Å². The molecule has 2 heteroatoms. The van der Waals surface area contributed by atoms with Gasteiger partial charge in [0, 0.05) is 23.0 Å². The van der Waals surface area contributed by atoms with E-state index in [0.29, 0.717) is 5.56 Å². The van der Waals surface area contributed by atoms with Crippen LogP contribution in [0.5, 0.6) is 0 Å². The molecule has 0 amide bonds. The van der Waals surface area contributed by atoms with Crippen molar-refractivity contribution in [3.63, 3.8) is 0 Å². The molecule has 3 aromatic rings. The minimum Gasteiger partial charge on any atom is -0.317 e. The van der Waals surface area contributed by atoms with Crippen molar-refractivity contribution in [2.75, 3.05) is 0 Å². The molecule has 0 saturated carbocycles. The molecular weight excluding hydrogens is 306 g/mol. The van der Waals surface area contributed by atoms with Crippen molar-refractivity contribution in [2.45, 2.75) is 13.8 Å². The van der Waals surface area contributed by atoms with Gasteiger partial charge in [-0.05, 0) is 49.8 Å². The molecule has 0 aliphatic rings. The minimum atomic E-state index is -0.00861. The Labute approximate surface area is 148 Å². The van der Waals surface area contributed by atoms with Crippen molar-refractivity contribution < 1.29 is 4.79 Å². The molecule has 0 saturated heterocycles. The maximum atomic E-state index is 12.3. The number of carbonyl (C=O) groups excluding carboxylic acids is 1. The molecule has 0 bridgehead atoms. The zero-order chi connectivity index (χ0) is 17.8. The minimum absolute atomic E-state index is 0.00861. The van der Waals surface area contributed by atoms with E-state index in [1.54, 1.807) is 12.3 Å². The third kappa shape index (κ3) is 3.53. The summed E-state index contributed by atoms with van der Waals surface area (Å²) in [6.07, 6.45) is 5.23. The van der Waals surface area contributed by atoms with Gasteiger partial charge in [0.25, 0.3) is 0 Å². The first kappa shape index (κ1) is 16.7. The molecule has 2 aromatic carbocycles. The van der Waals surface area contributed by atoms with Gasteiger partial charge in [-0.2, -0.15) is 0 Å². The van der Waals surface area contributed by atoms with Crippen LogP contribution < -0.4 is 0 Å². The number of hydrogen-bond donors (Lipinski definition) is 0. The summed E-state index contributed by atoms with van der Waals surface area (Å²) in [6.45, 7) is 8.12. The van der Waals surface area contributed by atoms with Gasteiger partial charge in [0.1, 0.15) is 0 Å². The lowest BCUT2D eigenvalue weighted by Gasteiger charge is -2.10. The van der Waals surface area contributed by atoms with Gasteiger partial charge in [-0.25, -0.2) is 0 Å². The van der Waals surface area contributed by atoms with Crippen molar-refractivity contribution in [1.29, 1.82) is 0 Å². The number of aryl methyl sites for hydroxylation is 2. The van der Waals surface area contributed by atoms with Crippen LogP contribution in [0.25, 0.3) is 23.5 Å². The Balaban J connectivity index is 1.95. The fourth-order valence-electron chi connectivity index (χ4n) is 2.89. The van der Waals surface area contributed by atoms with Crippen molar-refractivity contribution in [2.24, 2.45) is 0 Å². The van der Waals surface area contributed by atoms with Crippen molar-refractivity contribution in [3.8, 4) is 11.3 Å². The molecule has 0 spiro atoms. The van der Waals surface area contributed by atoms with E-state index in [2.05, 4.69) is 44.7 Å². The van der Waals surface area contributed by atoms with Gasteiger partial charge >= 0.3 is 0 Å². The number of carbonyl (C=O) groups is 1. The number of nitrogens with zero attached hydrogens (tertiary/aromatic N) is 1. The Bertz CT molecular complexity index is 945. The van der Waals surface area contributed by atoms with Gasteiger partial charge in [0.15, 0.2) is 5.78 Å². The molecule has 1 heterocycles. The molecule has 2 nitrogen and oxygen atoms in total. The molecule has 0 aliphatic heterocycles. The van der Waals surface area contributed by atoms with Crippen LogP contribution >= 0.6 is 0 Å². The predicted molar refractivity (Wildman–Crippen MR) is 106 cm³/mol. The Kier molecular flexibility index (Phi) is 4.80. The molecule has 0 aliphatic carbocycles. The maximum absolute atomic E-state index is 12.3. The molecule has 0 atom stereocenters. The molecule has 0 radical (unpaired) electrons. The lowest BCUT2D eigenvalue weighted by Crippen LogP contribution is -1.96. The van der Waals surface area contributed by atoms with E-state index < -0.39 is 0 Å². The van der Waals surface area contributed by atoms with Crippen molar-refractivity contribution in [1.82, 2.24) is 4.57 Å². The largest absolute Gasteiger partial charge is 0.317 e. The lowest BCUT2D eigenvalue weighted by atomic mass is 10.0. The fraction of sp³-hybridized carbons (Fsp3) is 0.0870. The van der Waals surface area contributed by atoms with Crippen LogP contribution in [0.15, 0.2) is 73.3 Å². The first-order chi connectivity index (χ1) is 12.1. The summed E-state index contributed by atoms with van der Waals surface area (Å²) in [5, 5.41) is 0. The average molecular weight is 327 g/mol. The summed E-state index contributed by atoms with van der Waals surface area (Å²) in [6, 6.07) is 19.8. The summed E-state index contributed by atoms with van der Waals surface area (Å²) >= 11 is 0. The summed E-state index contributed by atoms with van der Waals surface area (Å²) in [4.78, 5) is 12.3. The molecule has 0 fully saturated rings. The van der Waals surface area contributed by atoms with Gasteiger partial charge in [0.05, 0.1) is 5.69 Å². The Morgan fingerprint density at radius 1 is 1.00 bits per heavy atom. The predicted octanol–water partition coefficient (Wildman–Crippen LogP) is 5.77. The molecule has 1 aromatic heterocycles. The summed E-state index contributed by atoms with van der Waals surface area (Å²) in [5.41, 5.74) is 6.29. The smallest absolute Gasteiger partial charge is 0.185 e. The zero-order valence-electron chi connectivity index (χ0n) is 14.6. The summed E-state index contributed by atoms with van der Waals surface area (Å²) in [5.74, 6) is -0.00861. The van der Waals surface area contributed by atoms with E-state index in [4.69, 9.17) is 0 Å². The first-order valence-electron chi connectivity index (χ1n) is 8.29. The first-order valence-corrected chi connectivity index (χ1v) is 8.29. The number of ketones is 1. The Morgan fingerprint density at radius 2 is 1.76 bits per heavy atom. The number of allylic oxidation sites excluding steroid dienone is 1. The third-order valence-electron chi connectivity index (χ3n) is 4.27. The normalized spacial score (nSPS) is 11.0. The standard InChI is InChI=1S/C23H21NO/c1-4-24-20(13-15-23(25)19-8-6-5-7-9-19)12-14-22(24)21-16-17(2)10-11-18(21)3/h4-16H,1H2,2-3H3/b15-13+.